The van der Waals surface area contributed by atoms with Gasteiger partial charge in [0.05, 0.1) is 0 Å². The Morgan fingerprint density at radius 3 is 2.44 bits per heavy atom. The maximum absolute atomic E-state index is 12.4. The number of amides is 2. The number of piperazine rings is 1. The Balaban J connectivity index is 1.85. The van der Waals surface area contributed by atoms with Gasteiger partial charge in [0, 0.05) is 45.3 Å². The fraction of sp³-hybridized carbons (Fsp3) is 0.923. The molecule has 2 saturated heterocycles. The summed E-state index contributed by atoms with van der Waals surface area (Å²) in [4.78, 5) is 18.8. The molecular weight excluding hydrogens is 228 g/mol. The first-order chi connectivity index (χ1) is 8.76. The minimum atomic E-state index is 0.242. The van der Waals surface area contributed by atoms with Gasteiger partial charge < -0.3 is 15.1 Å². The van der Waals surface area contributed by atoms with Crippen molar-refractivity contribution >= 4 is 6.03 Å². The van der Waals surface area contributed by atoms with E-state index in [9.17, 15) is 4.79 Å². The van der Waals surface area contributed by atoms with Crippen molar-refractivity contribution in [3.8, 4) is 0 Å². The van der Waals surface area contributed by atoms with Crippen LogP contribution >= 0.6 is 0 Å². The summed E-state index contributed by atoms with van der Waals surface area (Å²) >= 11 is 0. The van der Waals surface area contributed by atoms with Crippen molar-refractivity contribution in [3.63, 3.8) is 0 Å². The first kappa shape index (κ1) is 13.6. The van der Waals surface area contributed by atoms with E-state index in [2.05, 4.69) is 24.1 Å². The molecule has 0 bridgehead atoms. The third kappa shape index (κ3) is 2.95. The molecule has 0 spiro atoms. The van der Waals surface area contributed by atoms with Gasteiger partial charge >= 0.3 is 6.03 Å². The quantitative estimate of drug-likeness (QED) is 0.794. The number of carbonyl (C=O) groups is 1. The number of likely N-dealkylation sites (N-methyl/N-ethyl adjacent to an activating group) is 1. The highest BCUT2D eigenvalue weighted by molar-refractivity contribution is 5.75. The molecule has 1 atom stereocenters. The van der Waals surface area contributed by atoms with Gasteiger partial charge in [-0.05, 0) is 19.5 Å². The number of urea groups is 1. The zero-order valence-corrected chi connectivity index (χ0v) is 11.7. The van der Waals surface area contributed by atoms with Crippen LogP contribution in [0, 0.1) is 0 Å². The molecule has 0 aliphatic carbocycles. The van der Waals surface area contributed by atoms with Gasteiger partial charge in [-0.3, -0.25) is 4.90 Å². The summed E-state index contributed by atoms with van der Waals surface area (Å²) in [6.45, 7) is 11.9. The van der Waals surface area contributed by atoms with E-state index in [1.807, 2.05) is 9.80 Å². The first-order valence-electron chi connectivity index (χ1n) is 7.24. The average Bonchev–Trinajstić information content (AvgIpc) is 2.90. The molecule has 0 aromatic heterocycles. The van der Waals surface area contributed by atoms with E-state index in [-0.39, 0.29) is 6.03 Å². The van der Waals surface area contributed by atoms with E-state index in [1.54, 1.807) is 0 Å². The molecule has 0 aromatic carbocycles. The lowest BCUT2D eigenvalue weighted by Gasteiger charge is -2.32. The lowest BCUT2D eigenvalue weighted by Crippen LogP contribution is -2.51. The van der Waals surface area contributed by atoms with E-state index in [0.29, 0.717) is 6.04 Å². The number of hydrogen-bond acceptors (Lipinski definition) is 3. The van der Waals surface area contributed by atoms with Crippen molar-refractivity contribution in [1.29, 1.82) is 0 Å². The van der Waals surface area contributed by atoms with Crippen molar-refractivity contribution in [2.45, 2.75) is 26.3 Å². The lowest BCUT2D eigenvalue weighted by molar-refractivity contribution is 0.149. The van der Waals surface area contributed by atoms with Gasteiger partial charge in [-0.25, -0.2) is 4.79 Å². The second kappa shape index (κ2) is 6.38. The van der Waals surface area contributed by atoms with Gasteiger partial charge in [-0.1, -0.05) is 13.8 Å². The van der Waals surface area contributed by atoms with Crippen molar-refractivity contribution in [1.82, 2.24) is 20.0 Å². The van der Waals surface area contributed by atoms with Crippen LogP contribution in [0.15, 0.2) is 0 Å². The highest BCUT2D eigenvalue weighted by Crippen LogP contribution is 2.17. The predicted octanol–water partition coefficient (Wildman–Crippen LogP) is 0.428. The summed E-state index contributed by atoms with van der Waals surface area (Å²) in [5.74, 6) is 0. The van der Waals surface area contributed by atoms with E-state index in [1.165, 1.54) is 0 Å². The number of likely N-dealkylation sites (tertiary alicyclic amines) is 1. The molecule has 2 rings (SSSR count). The van der Waals surface area contributed by atoms with Crippen molar-refractivity contribution in [2.75, 3.05) is 52.4 Å². The second-order valence-corrected chi connectivity index (χ2v) is 5.13. The molecule has 2 heterocycles. The van der Waals surface area contributed by atoms with Gasteiger partial charge in [-0.2, -0.15) is 0 Å². The van der Waals surface area contributed by atoms with Gasteiger partial charge in [0.15, 0.2) is 0 Å². The fourth-order valence-electron chi connectivity index (χ4n) is 3.01. The van der Waals surface area contributed by atoms with Gasteiger partial charge in [-0.15, -0.1) is 0 Å². The Hall–Kier alpha value is -0.810. The molecule has 2 aliphatic heterocycles. The minimum Gasteiger partial charge on any atom is -0.323 e. The first-order valence-corrected chi connectivity index (χ1v) is 7.24. The Labute approximate surface area is 110 Å². The monoisotopic (exact) mass is 254 g/mol. The van der Waals surface area contributed by atoms with Crippen LogP contribution in [-0.4, -0.2) is 79.1 Å². The highest BCUT2D eigenvalue weighted by Gasteiger charge is 2.31. The number of carbonyl (C=O) groups excluding carboxylic acids is 1. The SMILES string of the molecule is CCN(CC)C1CCN(C(=O)N2CCNCC2)C1. The molecule has 18 heavy (non-hydrogen) atoms. The molecule has 5 nitrogen and oxygen atoms in total. The Morgan fingerprint density at radius 1 is 1.17 bits per heavy atom. The van der Waals surface area contributed by atoms with Gasteiger partial charge in [0.25, 0.3) is 0 Å². The second-order valence-electron chi connectivity index (χ2n) is 5.13. The summed E-state index contributed by atoms with van der Waals surface area (Å²) in [6.07, 6.45) is 1.12. The summed E-state index contributed by atoms with van der Waals surface area (Å²) in [6, 6.07) is 0.804. The number of rotatable bonds is 3. The van der Waals surface area contributed by atoms with E-state index in [0.717, 1.165) is 58.8 Å². The van der Waals surface area contributed by atoms with Crippen LogP contribution in [0.25, 0.3) is 0 Å². The molecule has 2 amide bonds. The minimum absolute atomic E-state index is 0.242. The van der Waals surface area contributed by atoms with Crippen LogP contribution in [-0.2, 0) is 0 Å². The van der Waals surface area contributed by atoms with Crippen molar-refractivity contribution in [3.05, 3.63) is 0 Å². The largest absolute Gasteiger partial charge is 0.323 e. The van der Waals surface area contributed by atoms with Crippen molar-refractivity contribution in [2.24, 2.45) is 0 Å². The van der Waals surface area contributed by atoms with Crippen LogP contribution in [0.3, 0.4) is 0 Å². The van der Waals surface area contributed by atoms with Crippen LogP contribution in [0.5, 0.6) is 0 Å². The summed E-state index contributed by atoms with van der Waals surface area (Å²) in [7, 11) is 0. The molecule has 1 N–H and O–H groups in total. The molecule has 104 valence electrons. The molecule has 0 saturated carbocycles. The Bertz CT molecular complexity index is 274. The van der Waals surface area contributed by atoms with Crippen LogP contribution in [0.2, 0.25) is 0 Å². The topological polar surface area (TPSA) is 38.8 Å². The predicted molar refractivity (Wildman–Crippen MR) is 72.7 cm³/mol. The molecule has 1 unspecified atom stereocenters. The van der Waals surface area contributed by atoms with Crippen LogP contribution in [0.4, 0.5) is 4.79 Å². The van der Waals surface area contributed by atoms with E-state index in [4.69, 9.17) is 0 Å². The summed E-state index contributed by atoms with van der Waals surface area (Å²) < 4.78 is 0. The average molecular weight is 254 g/mol. The molecule has 2 aliphatic rings. The molecule has 0 radical (unpaired) electrons. The maximum Gasteiger partial charge on any atom is 0.320 e. The number of nitrogens with zero attached hydrogens (tertiary/aromatic N) is 3. The highest BCUT2D eigenvalue weighted by atomic mass is 16.2. The third-order valence-electron chi connectivity index (χ3n) is 4.15. The Morgan fingerprint density at radius 2 is 1.83 bits per heavy atom. The van der Waals surface area contributed by atoms with Crippen molar-refractivity contribution < 1.29 is 4.79 Å². The lowest BCUT2D eigenvalue weighted by atomic mass is 10.2. The third-order valence-corrected chi connectivity index (χ3v) is 4.15. The van der Waals surface area contributed by atoms with E-state index >= 15 is 0 Å². The van der Waals surface area contributed by atoms with Gasteiger partial charge in [0.1, 0.15) is 0 Å². The Kier molecular flexibility index (Phi) is 4.83. The summed E-state index contributed by atoms with van der Waals surface area (Å²) in [5.41, 5.74) is 0. The fourth-order valence-corrected chi connectivity index (χ4v) is 3.01. The maximum atomic E-state index is 12.4. The smallest absolute Gasteiger partial charge is 0.320 e. The number of hydrogen-bond donors (Lipinski definition) is 1. The summed E-state index contributed by atoms with van der Waals surface area (Å²) in [5, 5.41) is 3.28. The molecular formula is C13H26N4O. The van der Waals surface area contributed by atoms with Crippen LogP contribution in [0.1, 0.15) is 20.3 Å². The number of nitrogens with one attached hydrogen (secondary N) is 1. The zero-order chi connectivity index (χ0) is 13.0. The van der Waals surface area contributed by atoms with Gasteiger partial charge in [0.2, 0.25) is 0 Å². The molecule has 0 aromatic rings. The normalized spacial score (nSPS) is 24.9. The van der Waals surface area contributed by atoms with Crippen LogP contribution < -0.4 is 5.32 Å². The molecule has 5 heteroatoms. The zero-order valence-electron chi connectivity index (χ0n) is 11.7. The standard InChI is InChI=1S/C13H26N4O/c1-3-15(4-2)12-5-8-17(11-12)13(18)16-9-6-14-7-10-16/h12,14H,3-11H2,1-2H3. The molecule has 2 fully saturated rings. The van der Waals surface area contributed by atoms with E-state index < -0.39 is 0 Å².